The number of carbonyl (C=O) groups excluding carboxylic acids is 1. The fourth-order valence-corrected chi connectivity index (χ4v) is 4.89. The predicted molar refractivity (Wildman–Crippen MR) is 153 cm³/mol. The van der Waals surface area contributed by atoms with Crippen molar-refractivity contribution in [1.82, 2.24) is 14.8 Å². The number of nitrogens with zero attached hydrogens (tertiary/aromatic N) is 4. The lowest BCUT2D eigenvalue weighted by molar-refractivity contribution is 0.102. The van der Waals surface area contributed by atoms with Gasteiger partial charge in [-0.15, -0.1) is 0 Å². The van der Waals surface area contributed by atoms with Crippen LogP contribution in [0.3, 0.4) is 0 Å². The summed E-state index contributed by atoms with van der Waals surface area (Å²) in [4.78, 5) is 20.4. The van der Waals surface area contributed by atoms with Crippen molar-refractivity contribution in [1.29, 1.82) is 0 Å². The second-order valence-electron chi connectivity index (χ2n) is 9.20. The zero-order valence-electron chi connectivity index (χ0n) is 21.4. The number of carbonyl (C=O) groups is 1. The summed E-state index contributed by atoms with van der Waals surface area (Å²) >= 11 is 1.44. The highest BCUT2D eigenvalue weighted by Gasteiger charge is 2.17. The molecule has 1 aromatic carbocycles. The van der Waals surface area contributed by atoms with E-state index in [2.05, 4.69) is 25.4 Å². The van der Waals surface area contributed by atoms with Crippen LogP contribution in [-0.2, 0) is 0 Å². The molecule has 0 saturated heterocycles. The highest BCUT2D eigenvalue weighted by Crippen LogP contribution is 2.28. The normalized spacial score (nSPS) is 15.6. The van der Waals surface area contributed by atoms with Crippen molar-refractivity contribution in [3.05, 3.63) is 54.4 Å². The van der Waals surface area contributed by atoms with Crippen LogP contribution in [0.1, 0.15) is 55.3 Å². The Morgan fingerprint density at radius 1 is 1.05 bits per heavy atom. The van der Waals surface area contributed by atoms with Gasteiger partial charge in [-0.1, -0.05) is 44.1 Å². The zero-order chi connectivity index (χ0) is 25.9. The van der Waals surface area contributed by atoms with Crippen molar-refractivity contribution in [3.63, 3.8) is 0 Å². The molecule has 4 N–H and O–H groups in total. The summed E-state index contributed by atoms with van der Waals surface area (Å²) in [5.41, 5.74) is 3.19. The first-order chi connectivity index (χ1) is 18.2. The van der Waals surface area contributed by atoms with Gasteiger partial charge in [-0.05, 0) is 49.2 Å². The van der Waals surface area contributed by atoms with E-state index < -0.39 is 0 Å². The van der Waals surface area contributed by atoms with Gasteiger partial charge in [0.05, 0.1) is 17.9 Å². The molecule has 1 amide bonds. The lowest BCUT2D eigenvalue weighted by atomic mass is 10.1. The van der Waals surface area contributed by atoms with Crippen LogP contribution in [0.25, 0.3) is 5.69 Å². The minimum Gasteiger partial charge on any atom is -0.395 e. The number of nitrogens with one attached hydrogen (secondary N) is 3. The van der Waals surface area contributed by atoms with Crippen LogP contribution in [0, 0.1) is 0 Å². The van der Waals surface area contributed by atoms with Crippen molar-refractivity contribution < 1.29 is 9.90 Å². The number of aliphatic hydroxyl groups excluding tert-OH is 1. The Labute approximate surface area is 223 Å². The van der Waals surface area contributed by atoms with E-state index in [0.717, 1.165) is 43.0 Å². The lowest BCUT2D eigenvalue weighted by Crippen LogP contribution is -2.23. The second-order valence-corrected chi connectivity index (χ2v) is 10.1. The Morgan fingerprint density at radius 2 is 1.86 bits per heavy atom. The van der Waals surface area contributed by atoms with Gasteiger partial charge < -0.3 is 25.4 Å². The molecule has 37 heavy (non-hydrogen) atoms. The predicted octanol–water partition coefficient (Wildman–Crippen LogP) is 5.16. The SMILES string of the molecule is CN1CCCCCCCCCNc2nc(ccc2-n2cccn2)NC(=O)c2ccc(NSCCO)cc21. The van der Waals surface area contributed by atoms with Crippen LogP contribution in [0.15, 0.2) is 48.8 Å². The zero-order valence-corrected chi connectivity index (χ0v) is 22.3. The van der Waals surface area contributed by atoms with E-state index in [4.69, 9.17) is 10.1 Å². The molecule has 0 unspecified atom stereocenters. The molecule has 0 aliphatic carbocycles. The van der Waals surface area contributed by atoms with E-state index in [0.29, 0.717) is 23.0 Å². The summed E-state index contributed by atoms with van der Waals surface area (Å²) in [5, 5.41) is 19.9. The maximum atomic E-state index is 13.5. The summed E-state index contributed by atoms with van der Waals surface area (Å²) < 4.78 is 5.04. The van der Waals surface area contributed by atoms with Gasteiger partial charge >= 0.3 is 0 Å². The topological polar surface area (TPSA) is 107 Å². The Morgan fingerprint density at radius 3 is 2.65 bits per heavy atom. The number of aromatic nitrogens is 3. The molecular formula is C27H37N7O2S. The molecule has 4 rings (SSSR count). The van der Waals surface area contributed by atoms with Gasteiger partial charge in [0.15, 0.2) is 5.82 Å². The molecule has 3 aromatic rings. The van der Waals surface area contributed by atoms with Crippen molar-refractivity contribution in [3.8, 4) is 5.69 Å². The number of rotatable bonds is 5. The Bertz CT molecular complexity index is 1140. The van der Waals surface area contributed by atoms with Crippen LogP contribution in [0.4, 0.5) is 23.0 Å². The minimum atomic E-state index is -0.206. The lowest BCUT2D eigenvalue weighted by Gasteiger charge is -2.23. The average Bonchev–Trinajstić information content (AvgIpc) is 3.44. The first-order valence-electron chi connectivity index (χ1n) is 13.1. The molecule has 9 nitrogen and oxygen atoms in total. The van der Waals surface area contributed by atoms with E-state index in [-0.39, 0.29) is 12.5 Å². The fraction of sp³-hybridized carbons (Fsp3) is 0.444. The summed E-state index contributed by atoms with van der Waals surface area (Å²) in [6.07, 6.45) is 11.8. The summed E-state index contributed by atoms with van der Waals surface area (Å²) in [7, 11) is 2.04. The molecule has 1 aliphatic heterocycles. The number of anilines is 4. The first-order valence-corrected chi connectivity index (χ1v) is 14.0. The van der Waals surface area contributed by atoms with Gasteiger partial charge in [0.2, 0.25) is 0 Å². The largest absolute Gasteiger partial charge is 0.395 e. The third-order valence-electron chi connectivity index (χ3n) is 6.37. The molecule has 0 radical (unpaired) electrons. The molecule has 10 heteroatoms. The van der Waals surface area contributed by atoms with E-state index in [1.54, 1.807) is 10.9 Å². The molecule has 3 heterocycles. The summed E-state index contributed by atoms with van der Waals surface area (Å²) in [6.45, 7) is 1.79. The molecule has 198 valence electrons. The molecule has 0 spiro atoms. The van der Waals surface area contributed by atoms with Crippen molar-refractivity contribution >= 4 is 40.9 Å². The van der Waals surface area contributed by atoms with Gasteiger partial charge in [-0.3, -0.25) is 4.79 Å². The maximum absolute atomic E-state index is 13.5. The van der Waals surface area contributed by atoms with Crippen LogP contribution in [0.2, 0.25) is 0 Å². The summed E-state index contributed by atoms with van der Waals surface area (Å²) in [6, 6.07) is 11.3. The number of benzene rings is 1. The molecule has 0 fully saturated rings. The molecule has 0 saturated carbocycles. The molecular weight excluding hydrogens is 486 g/mol. The molecule has 2 aromatic heterocycles. The van der Waals surface area contributed by atoms with Gasteiger partial charge in [0, 0.05) is 44.0 Å². The Balaban J connectivity index is 1.62. The van der Waals surface area contributed by atoms with E-state index in [1.165, 1.54) is 44.1 Å². The van der Waals surface area contributed by atoms with Crippen LogP contribution in [-0.4, -0.2) is 58.3 Å². The van der Waals surface area contributed by atoms with Gasteiger partial charge in [-0.25, -0.2) is 9.67 Å². The molecule has 0 atom stereocenters. The van der Waals surface area contributed by atoms with Crippen molar-refractivity contribution in [2.75, 3.05) is 52.8 Å². The van der Waals surface area contributed by atoms with Crippen molar-refractivity contribution in [2.24, 2.45) is 0 Å². The number of hydrogen-bond donors (Lipinski definition) is 4. The van der Waals surface area contributed by atoms with Crippen LogP contribution < -0.4 is 20.3 Å². The molecule has 2 bridgehead atoms. The number of amides is 1. The quantitative estimate of drug-likeness (QED) is 0.268. The van der Waals surface area contributed by atoms with Crippen molar-refractivity contribution in [2.45, 2.75) is 44.9 Å². The smallest absolute Gasteiger partial charge is 0.258 e. The maximum Gasteiger partial charge on any atom is 0.258 e. The number of hydrogen-bond acceptors (Lipinski definition) is 8. The first kappa shape index (κ1) is 26.8. The highest BCUT2D eigenvalue weighted by atomic mass is 32.2. The van der Waals surface area contributed by atoms with Gasteiger partial charge in [-0.2, -0.15) is 5.10 Å². The Kier molecular flexibility index (Phi) is 10.1. The standard InChI is InChI=1S/C27H37N7O2S/c1-33-16-8-6-4-2-3-5-7-14-28-26-23(34-17-9-15-29-34)12-13-25(30-26)31-27(36)22-11-10-21(20-24(22)33)32-37-19-18-35/h9-13,15,17,20,32,35H,2-8,14,16,18-19H2,1H3,(H2,28,30,31,36). The second kappa shape index (κ2) is 13.9. The van der Waals surface area contributed by atoms with E-state index in [9.17, 15) is 4.79 Å². The van der Waals surface area contributed by atoms with E-state index >= 15 is 0 Å². The van der Waals surface area contributed by atoms with Gasteiger partial charge in [0.1, 0.15) is 11.5 Å². The Hall–Kier alpha value is -3.24. The molecule has 1 aliphatic rings. The van der Waals surface area contributed by atoms with Gasteiger partial charge in [0.25, 0.3) is 5.91 Å². The monoisotopic (exact) mass is 523 g/mol. The van der Waals surface area contributed by atoms with Crippen LogP contribution in [0.5, 0.6) is 0 Å². The summed E-state index contributed by atoms with van der Waals surface area (Å²) in [5.74, 6) is 1.56. The fourth-order valence-electron chi connectivity index (χ4n) is 4.40. The number of aliphatic hydroxyl groups is 1. The highest BCUT2D eigenvalue weighted by molar-refractivity contribution is 8.00. The third-order valence-corrected chi connectivity index (χ3v) is 7.13. The number of pyridine rings is 1. The van der Waals surface area contributed by atoms with E-state index in [1.807, 2.05) is 49.6 Å². The third kappa shape index (κ3) is 7.62. The number of fused-ring (bicyclic) bond motifs is 3. The average molecular weight is 524 g/mol. The van der Waals surface area contributed by atoms with Crippen LogP contribution >= 0.6 is 11.9 Å². The minimum absolute atomic E-state index is 0.105.